The Bertz CT molecular complexity index is 9510. The Morgan fingerprint density at radius 2 is 0.472 bits per heavy atom. The lowest BCUT2D eigenvalue weighted by atomic mass is 9.90. The molecular weight excluding hydrogens is 1790 g/mol. The van der Waals surface area contributed by atoms with E-state index in [-0.39, 0.29) is 32.9 Å². The molecule has 664 valence electrons. The highest BCUT2D eigenvalue weighted by Gasteiger charge is 2.33. The van der Waals surface area contributed by atoms with Crippen molar-refractivity contribution < 1.29 is 35.1 Å². The molecule has 17 aromatic carbocycles. The third-order valence-electron chi connectivity index (χ3n) is 24.5. The standard InChI is InChI=1S/C41H18F5N5.C41H20F3N5.C36H18N6/c1-48-25-17-15-24(16-18-25)39-40(23-13-11-21(20-47)12-14-23)51-41-29(50-39)19-27(31-33(42)35(44)37(46)36(45)34(31)43)30-26-9-5-6-10-28(26)49-38(32(30)41)22-7-3-2-4-8-22;1-46-28-17-15-26(16-18-28)39-40(25-13-11-23(22-45)12-14-25)49-41-34(48-39)21-30(27-19-31(42)37(44)32(43)20-27)35-29-9-5-6-10-33(29)47-38(36(35)41)24-7-3-2-4-8-24;1-38-26-18-16-25(17-19-26)34-35(24-14-12-22(21-37)13-15-24)42-36-30(41-34)20-29(39-2)31-27-10-6-7-11-28(27)40-33(32(31)36)23-8-4-3-5-9-23/h2-19H;2-21H;3-20H. The van der Waals surface area contributed by atoms with E-state index in [2.05, 4.69) is 37.6 Å². The minimum atomic E-state index is -2.27. The quantitative estimate of drug-likeness (QED) is 0.0390. The second kappa shape index (κ2) is 36.8. The van der Waals surface area contributed by atoms with Gasteiger partial charge in [-0.1, -0.05) is 255 Å². The number of benzene rings is 17. The summed E-state index contributed by atoms with van der Waals surface area (Å²) < 4.78 is 120. The molecule has 0 radical (unpaired) electrons. The van der Waals surface area contributed by atoms with E-state index in [1.54, 1.807) is 188 Å². The summed E-state index contributed by atoms with van der Waals surface area (Å²) in [5.41, 5.74) is 17.7. The summed E-state index contributed by atoms with van der Waals surface area (Å²) in [5, 5.41) is 33.5. The number of hydrogen-bond acceptors (Lipinski definition) is 12. The molecule has 0 bridgehead atoms. The van der Waals surface area contributed by atoms with Crippen LogP contribution in [-0.2, 0) is 0 Å². The third kappa shape index (κ3) is 15.8. The Morgan fingerprint density at radius 3 is 0.796 bits per heavy atom. The predicted octanol–water partition coefficient (Wildman–Crippen LogP) is 31.3. The molecule has 6 aromatic heterocycles. The molecule has 0 spiro atoms. The highest BCUT2D eigenvalue weighted by Crippen LogP contribution is 2.51. The maximum Gasteiger partial charge on any atom is 0.200 e. The SMILES string of the molecule is [C-]#[N+]c1ccc(-c2nc3cc(-c4c(F)c(F)c(F)c(F)c4F)c4c5ccccc5nc(-c5ccccc5)c4c3nc2-c2ccc(C#N)cc2)cc1.[C-]#[N+]c1ccc(-c2nc3cc(-c4cc(F)c(F)c(F)c4)c4c5ccccc5nc(-c5ccccc5)c4c3nc2-c2ccc(C#N)cc2)cc1.[C-]#[N+]c1ccc(-c2nc3cc([N+]#[C-])c4c5ccccc5nc(-c5ccccc5)c4c3nc2-c2ccc(C#N)cc2)cc1. The molecular formula is C118H56F8N16. The van der Waals surface area contributed by atoms with Crippen LogP contribution in [0.5, 0.6) is 0 Å². The first kappa shape index (κ1) is 88.2. The van der Waals surface area contributed by atoms with E-state index >= 15 is 8.78 Å². The van der Waals surface area contributed by atoms with Crippen LogP contribution in [0.3, 0.4) is 0 Å². The fourth-order valence-electron chi connectivity index (χ4n) is 17.8. The molecule has 0 amide bonds. The molecule has 0 saturated carbocycles. The number of nitriles is 3. The van der Waals surface area contributed by atoms with E-state index in [0.717, 1.165) is 61.8 Å². The zero-order chi connectivity index (χ0) is 97.7. The van der Waals surface area contributed by atoms with Crippen LogP contribution in [0.15, 0.2) is 340 Å². The van der Waals surface area contributed by atoms with Gasteiger partial charge in [-0.15, -0.1) is 0 Å². The maximum atomic E-state index is 15.8. The molecule has 0 saturated heterocycles. The number of halogens is 8. The van der Waals surface area contributed by atoms with Crippen molar-refractivity contribution in [3.05, 3.63) is 449 Å². The van der Waals surface area contributed by atoms with Gasteiger partial charge in [-0.2, -0.15) is 15.8 Å². The predicted molar refractivity (Wildman–Crippen MR) is 536 cm³/mol. The highest BCUT2D eigenvalue weighted by molar-refractivity contribution is 6.28. The normalized spacial score (nSPS) is 11.0. The summed E-state index contributed by atoms with van der Waals surface area (Å²) in [6.45, 7) is 30.3. The maximum absolute atomic E-state index is 15.8. The van der Waals surface area contributed by atoms with Crippen molar-refractivity contribution in [2.75, 3.05) is 0 Å². The Balaban J connectivity index is 0.000000127. The smallest absolute Gasteiger partial charge is 0.200 e. The molecule has 0 N–H and O–H groups in total. The van der Waals surface area contributed by atoms with Crippen molar-refractivity contribution in [3.63, 3.8) is 0 Å². The number of pyridine rings is 3. The van der Waals surface area contributed by atoms with Gasteiger partial charge in [-0.05, 0) is 124 Å². The summed E-state index contributed by atoms with van der Waals surface area (Å²) >= 11 is 0. The molecule has 0 aliphatic rings. The first-order valence-electron chi connectivity index (χ1n) is 43.8. The molecule has 0 unspecified atom stereocenters. The second-order valence-electron chi connectivity index (χ2n) is 32.7. The zero-order valence-corrected chi connectivity index (χ0v) is 73.5. The first-order chi connectivity index (χ1) is 69.4. The minimum Gasteiger partial charge on any atom is -0.247 e. The second-order valence-corrected chi connectivity index (χ2v) is 32.7. The van der Waals surface area contributed by atoms with Crippen LogP contribution in [0.4, 0.5) is 57.9 Å². The summed E-state index contributed by atoms with van der Waals surface area (Å²) in [4.78, 5) is 60.4. The van der Waals surface area contributed by atoms with E-state index < -0.39 is 52.1 Å². The van der Waals surface area contributed by atoms with Crippen molar-refractivity contribution in [2.24, 2.45) is 0 Å². The number of nitrogens with zero attached hydrogens (tertiary/aromatic N) is 16. The van der Waals surface area contributed by atoms with Crippen LogP contribution in [0, 0.1) is 107 Å². The summed E-state index contributed by atoms with van der Waals surface area (Å²) in [6, 6.07) is 105. The number of rotatable bonds is 11. The summed E-state index contributed by atoms with van der Waals surface area (Å²) in [5.74, 6) is -14.6. The number of fused-ring (bicyclic) bond motifs is 15. The van der Waals surface area contributed by atoms with Gasteiger partial charge in [0.1, 0.15) is 0 Å². The molecule has 6 heterocycles. The van der Waals surface area contributed by atoms with Crippen LogP contribution in [0.1, 0.15) is 16.7 Å². The van der Waals surface area contributed by atoms with E-state index in [1.165, 1.54) is 6.07 Å². The third-order valence-corrected chi connectivity index (χ3v) is 24.5. The monoisotopic (exact) mass is 1850 g/mol. The van der Waals surface area contributed by atoms with E-state index in [4.69, 9.17) is 71.1 Å². The molecule has 142 heavy (non-hydrogen) atoms. The number of hydrogen-bond donors (Lipinski definition) is 0. The lowest BCUT2D eigenvalue weighted by Gasteiger charge is -2.19. The van der Waals surface area contributed by atoms with Crippen molar-refractivity contribution in [1.82, 2.24) is 44.9 Å². The van der Waals surface area contributed by atoms with Crippen LogP contribution in [0.2, 0.25) is 0 Å². The van der Waals surface area contributed by atoms with Crippen LogP contribution in [-0.4, -0.2) is 44.9 Å². The van der Waals surface area contributed by atoms with Gasteiger partial charge in [-0.25, -0.2) is 99.4 Å². The van der Waals surface area contributed by atoms with Gasteiger partial charge in [-0.3, -0.25) is 0 Å². The van der Waals surface area contributed by atoms with E-state index in [1.807, 2.05) is 133 Å². The Morgan fingerprint density at radius 1 is 0.211 bits per heavy atom. The molecule has 23 aromatic rings. The Labute approximate surface area is 802 Å². The van der Waals surface area contributed by atoms with Gasteiger partial charge < -0.3 is 0 Å². The molecule has 24 heteroatoms. The topological polar surface area (TPSA) is 205 Å². The average molecular weight is 1850 g/mol. The van der Waals surface area contributed by atoms with Gasteiger partial charge in [0.15, 0.2) is 63.5 Å². The fraction of sp³-hybridized carbons (Fsp3) is 0. The minimum absolute atomic E-state index is 0.0809. The van der Waals surface area contributed by atoms with Crippen molar-refractivity contribution >= 4 is 121 Å². The van der Waals surface area contributed by atoms with Crippen molar-refractivity contribution in [2.45, 2.75) is 0 Å². The average Bonchev–Trinajstić information content (AvgIpc) is 0.727. The first-order valence-corrected chi connectivity index (χ1v) is 43.8. The van der Waals surface area contributed by atoms with Gasteiger partial charge in [0, 0.05) is 76.5 Å². The number of para-hydroxylation sites is 3. The Kier molecular flexibility index (Phi) is 22.9. The van der Waals surface area contributed by atoms with Crippen LogP contribution < -0.4 is 0 Å². The molecule has 16 nitrogen and oxygen atoms in total. The molecule has 23 rings (SSSR count). The lowest BCUT2D eigenvalue weighted by molar-refractivity contribution is 0.381. The molecule has 0 aliphatic heterocycles. The molecule has 0 fully saturated rings. The highest BCUT2D eigenvalue weighted by atomic mass is 19.2. The lowest BCUT2D eigenvalue weighted by Crippen LogP contribution is -2.05. The zero-order valence-electron chi connectivity index (χ0n) is 73.5. The van der Waals surface area contributed by atoms with Crippen molar-refractivity contribution in [1.29, 1.82) is 15.8 Å². The largest absolute Gasteiger partial charge is 0.247 e. The number of aromatic nitrogens is 9. The molecule has 0 aliphatic carbocycles. The van der Waals surface area contributed by atoms with E-state index in [9.17, 15) is 42.1 Å². The van der Waals surface area contributed by atoms with Crippen LogP contribution in [0.25, 0.3) is 241 Å². The van der Waals surface area contributed by atoms with Gasteiger partial charge >= 0.3 is 0 Å². The fourth-order valence-corrected chi connectivity index (χ4v) is 17.8. The van der Waals surface area contributed by atoms with Gasteiger partial charge in [0.25, 0.3) is 0 Å². The summed E-state index contributed by atoms with van der Waals surface area (Å²) in [7, 11) is 0. The van der Waals surface area contributed by atoms with Gasteiger partial charge in [0.2, 0.25) is 5.82 Å². The van der Waals surface area contributed by atoms with Crippen LogP contribution >= 0.6 is 0 Å². The van der Waals surface area contributed by atoms with E-state index in [0.29, 0.717) is 173 Å². The summed E-state index contributed by atoms with van der Waals surface area (Å²) in [6.07, 6.45) is 0. The van der Waals surface area contributed by atoms with Gasteiger partial charge in [0.05, 0.1) is 168 Å². The molecule has 0 atom stereocenters. The van der Waals surface area contributed by atoms with Crippen molar-refractivity contribution in [3.8, 4) is 142 Å². The Hall–Kier alpha value is -20.4.